The number of hydrogen-bond acceptors (Lipinski definition) is 1. The van der Waals surface area contributed by atoms with Gasteiger partial charge in [-0.3, -0.25) is 0 Å². The maximum Gasteiger partial charge on any atom is 1.00 e. The molecule has 0 aliphatic rings. The minimum atomic E-state index is -5.24. The van der Waals surface area contributed by atoms with Crippen LogP contribution in [0.2, 0.25) is 0 Å². The van der Waals surface area contributed by atoms with Crippen LogP contribution in [-0.2, 0) is 6.61 Å². The summed E-state index contributed by atoms with van der Waals surface area (Å²) in [6, 6.07) is 9.44. The van der Waals surface area contributed by atoms with Crippen LogP contribution >= 0.6 is 0 Å². The fourth-order valence-corrected chi connectivity index (χ4v) is 1.83. The smallest absolute Gasteiger partial charge is 0.492 e. The van der Waals surface area contributed by atoms with E-state index in [4.69, 9.17) is 4.74 Å². The molecule has 0 spiro atoms. The van der Waals surface area contributed by atoms with E-state index in [1.54, 1.807) is 12.1 Å². The molecule has 0 aromatic heterocycles. The van der Waals surface area contributed by atoms with Crippen molar-refractivity contribution in [1.29, 1.82) is 0 Å². The van der Waals surface area contributed by atoms with Gasteiger partial charge in [-0.25, -0.2) is 4.39 Å². The van der Waals surface area contributed by atoms with Gasteiger partial charge in [-0.05, 0) is 24.1 Å². The average molecular weight is 322 g/mol. The Morgan fingerprint density at radius 1 is 1.05 bits per heavy atom. The molecule has 0 aliphatic heterocycles. The normalized spacial score (nSPS) is 10.9. The Hall–Kier alpha value is -0.339. The van der Waals surface area contributed by atoms with Gasteiger partial charge in [0.15, 0.2) is 0 Å². The number of benzene rings is 2. The molecule has 7 heteroatoms. The van der Waals surface area contributed by atoms with Crippen molar-refractivity contribution in [2.75, 3.05) is 0 Å². The van der Waals surface area contributed by atoms with Gasteiger partial charge in [0.2, 0.25) is 0 Å². The molecule has 0 heterocycles. The van der Waals surface area contributed by atoms with Crippen molar-refractivity contribution in [1.82, 2.24) is 0 Å². The monoisotopic (exact) mass is 322 g/mol. The van der Waals surface area contributed by atoms with E-state index in [-0.39, 0.29) is 58.0 Å². The Morgan fingerprint density at radius 2 is 1.71 bits per heavy atom. The molecule has 0 saturated heterocycles. The molecule has 0 bridgehead atoms. The van der Waals surface area contributed by atoms with Crippen LogP contribution in [0.5, 0.6) is 5.75 Å². The Labute approximate surface area is 163 Å². The molecule has 0 unspecified atom stereocenters. The van der Waals surface area contributed by atoms with E-state index in [1.165, 1.54) is 0 Å². The Morgan fingerprint density at radius 3 is 2.33 bits per heavy atom. The summed E-state index contributed by atoms with van der Waals surface area (Å²) in [5.74, 6) is -1.23. The summed E-state index contributed by atoms with van der Waals surface area (Å²) in [7, 11) is 0. The predicted molar refractivity (Wildman–Crippen MR) is 70.6 cm³/mol. The van der Waals surface area contributed by atoms with Crippen molar-refractivity contribution in [3.05, 3.63) is 59.4 Å². The molecule has 0 atom stereocenters. The minimum Gasteiger partial charge on any atom is -0.492 e. The largest absolute Gasteiger partial charge is 1.00 e. The van der Waals surface area contributed by atoms with Crippen LogP contribution in [0.25, 0.3) is 0 Å². The SMILES string of the molecule is Cc1ccccc1COc1cc(F)ccc1[B-](F)(F)F.[K+]. The number of hydrogen-bond donors (Lipinski definition) is 0. The minimum absolute atomic E-state index is 0. The van der Waals surface area contributed by atoms with E-state index in [9.17, 15) is 17.3 Å². The van der Waals surface area contributed by atoms with Crippen LogP contribution in [0.4, 0.5) is 17.3 Å². The van der Waals surface area contributed by atoms with Crippen LogP contribution in [0.15, 0.2) is 42.5 Å². The summed E-state index contributed by atoms with van der Waals surface area (Å²) >= 11 is 0. The fraction of sp³-hybridized carbons (Fsp3) is 0.143. The number of halogens is 4. The topological polar surface area (TPSA) is 9.23 Å². The zero-order valence-electron chi connectivity index (χ0n) is 11.7. The van der Waals surface area contributed by atoms with Crippen molar-refractivity contribution in [3.63, 3.8) is 0 Å². The maximum atomic E-state index is 13.1. The van der Waals surface area contributed by atoms with Crippen LogP contribution in [0.3, 0.4) is 0 Å². The van der Waals surface area contributed by atoms with Crippen molar-refractivity contribution in [2.45, 2.75) is 13.5 Å². The molecule has 0 aliphatic carbocycles. The molecule has 2 rings (SSSR count). The first-order chi connectivity index (χ1) is 9.38. The Kier molecular flexibility index (Phi) is 6.93. The van der Waals surface area contributed by atoms with Crippen LogP contribution in [-0.4, -0.2) is 6.98 Å². The molecule has 1 nitrogen and oxygen atoms in total. The van der Waals surface area contributed by atoms with Gasteiger partial charge in [0, 0.05) is 6.07 Å². The third-order valence-corrected chi connectivity index (χ3v) is 2.97. The third kappa shape index (κ3) is 5.10. The molecule has 0 amide bonds. The molecule has 0 saturated carbocycles. The molecular formula is C14H12BF4KO. The number of aryl methyl sites for hydroxylation is 1. The van der Waals surface area contributed by atoms with Crippen LogP contribution in [0, 0.1) is 12.7 Å². The average Bonchev–Trinajstić information content (AvgIpc) is 2.36. The first kappa shape index (κ1) is 18.7. The Balaban J connectivity index is 0.00000220. The predicted octanol–water partition coefficient (Wildman–Crippen LogP) is 0.772. The summed E-state index contributed by atoms with van der Waals surface area (Å²) in [6.07, 6.45) is 0. The summed E-state index contributed by atoms with van der Waals surface area (Å²) in [5, 5.41) is 0. The summed E-state index contributed by atoms with van der Waals surface area (Å²) in [4.78, 5) is 0. The second-order valence-electron chi connectivity index (χ2n) is 4.47. The third-order valence-electron chi connectivity index (χ3n) is 2.97. The zero-order chi connectivity index (χ0) is 14.8. The molecular weight excluding hydrogens is 310 g/mol. The number of rotatable bonds is 4. The number of ether oxygens (including phenoxy) is 1. The maximum absolute atomic E-state index is 13.1. The van der Waals surface area contributed by atoms with Gasteiger partial charge in [0.05, 0.1) is 5.75 Å². The van der Waals surface area contributed by atoms with E-state index < -0.39 is 24.0 Å². The molecule has 2 aromatic carbocycles. The van der Waals surface area contributed by atoms with E-state index in [0.717, 1.165) is 23.3 Å². The van der Waals surface area contributed by atoms with Crippen molar-refractivity contribution >= 4 is 12.4 Å². The summed E-state index contributed by atoms with van der Waals surface area (Å²) < 4.78 is 56.8. The zero-order valence-corrected chi connectivity index (χ0v) is 14.9. The Bertz CT molecular complexity index is 616. The van der Waals surface area contributed by atoms with Gasteiger partial charge in [0.25, 0.3) is 0 Å². The fourth-order valence-electron chi connectivity index (χ4n) is 1.83. The molecule has 0 fully saturated rings. The van der Waals surface area contributed by atoms with E-state index in [2.05, 4.69) is 0 Å². The van der Waals surface area contributed by atoms with Gasteiger partial charge in [-0.1, -0.05) is 35.8 Å². The molecule has 106 valence electrons. The molecule has 0 N–H and O–H groups in total. The van der Waals surface area contributed by atoms with Crippen molar-refractivity contribution < 1.29 is 73.5 Å². The van der Waals surface area contributed by atoms with E-state index in [1.807, 2.05) is 19.1 Å². The standard InChI is InChI=1S/C14H12BF4O.K/c1-10-4-2-3-5-11(10)9-20-14-8-12(16)6-7-13(14)15(17,18)19;/h2-8H,9H2,1H3;/q-1;+1. The van der Waals surface area contributed by atoms with E-state index >= 15 is 0 Å². The van der Waals surface area contributed by atoms with Gasteiger partial charge < -0.3 is 17.7 Å². The van der Waals surface area contributed by atoms with Gasteiger partial charge in [-0.15, -0.1) is 0 Å². The summed E-state index contributed by atoms with van der Waals surface area (Å²) in [5.41, 5.74) is 0.750. The van der Waals surface area contributed by atoms with Gasteiger partial charge >= 0.3 is 58.4 Å². The van der Waals surface area contributed by atoms with Crippen LogP contribution in [0.1, 0.15) is 11.1 Å². The second kappa shape index (κ2) is 7.78. The van der Waals surface area contributed by atoms with Crippen LogP contribution < -0.4 is 61.6 Å². The molecule has 21 heavy (non-hydrogen) atoms. The summed E-state index contributed by atoms with van der Waals surface area (Å²) in [6.45, 7) is -3.44. The quantitative estimate of drug-likeness (QED) is 0.597. The molecule has 2 aromatic rings. The van der Waals surface area contributed by atoms with Crippen molar-refractivity contribution in [2.24, 2.45) is 0 Å². The molecule has 0 radical (unpaired) electrons. The van der Waals surface area contributed by atoms with E-state index in [0.29, 0.717) is 6.07 Å². The van der Waals surface area contributed by atoms with Gasteiger partial charge in [0.1, 0.15) is 12.4 Å². The van der Waals surface area contributed by atoms with Crippen molar-refractivity contribution in [3.8, 4) is 5.75 Å². The van der Waals surface area contributed by atoms with Gasteiger partial charge in [-0.2, -0.15) is 0 Å². The second-order valence-corrected chi connectivity index (χ2v) is 4.47. The first-order valence-electron chi connectivity index (χ1n) is 6.04. The first-order valence-corrected chi connectivity index (χ1v) is 6.04.